The number of pyridine rings is 1. The second-order valence-corrected chi connectivity index (χ2v) is 7.75. The van der Waals surface area contributed by atoms with Gasteiger partial charge in [-0.2, -0.15) is 0 Å². The van der Waals surface area contributed by atoms with Crippen molar-refractivity contribution in [2.75, 3.05) is 13.2 Å². The Morgan fingerprint density at radius 3 is 2.68 bits per heavy atom. The quantitative estimate of drug-likeness (QED) is 0.495. The van der Waals surface area contributed by atoms with Crippen LogP contribution in [0.1, 0.15) is 76.8 Å². The normalized spacial score (nSPS) is 17.6. The van der Waals surface area contributed by atoms with Gasteiger partial charge in [0.05, 0.1) is 10.6 Å². The lowest BCUT2D eigenvalue weighted by Gasteiger charge is -2.22. The number of H-pyrrole nitrogens is 1. The standard InChI is InChI=1S/C20H32BrNO3/c1-2-3-4-5-6-7-8-12-17-20(21)18(23)14-19(22-17)25-15-16-11-9-10-13-24-16/h14,16H,2-13,15H2,1H3,(H,22,23). The predicted molar refractivity (Wildman–Crippen MR) is 106 cm³/mol. The van der Waals surface area contributed by atoms with Crippen molar-refractivity contribution < 1.29 is 9.47 Å². The molecule has 0 amide bonds. The Morgan fingerprint density at radius 2 is 1.96 bits per heavy atom. The molecule has 0 radical (unpaired) electrons. The topological polar surface area (TPSA) is 51.3 Å². The van der Waals surface area contributed by atoms with Gasteiger partial charge in [0.25, 0.3) is 0 Å². The molecule has 0 aromatic carbocycles. The summed E-state index contributed by atoms with van der Waals surface area (Å²) in [7, 11) is 0. The molecule has 0 aliphatic carbocycles. The summed E-state index contributed by atoms with van der Waals surface area (Å²) in [6.07, 6.45) is 13.2. The molecule has 0 spiro atoms. The lowest BCUT2D eigenvalue weighted by Crippen LogP contribution is -2.26. The molecule has 1 N–H and O–H groups in total. The fraction of sp³-hybridized carbons (Fsp3) is 0.750. The van der Waals surface area contributed by atoms with Gasteiger partial charge in [-0.05, 0) is 48.0 Å². The van der Waals surface area contributed by atoms with Gasteiger partial charge in [-0.15, -0.1) is 0 Å². The number of rotatable bonds is 11. The van der Waals surface area contributed by atoms with Crippen molar-refractivity contribution in [2.45, 2.75) is 83.7 Å². The molecular weight excluding hydrogens is 382 g/mol. The summed E-state index contributed by atoms with van der Waals surface area (Å²) in [5.74, 6) is 0.556. The van der Waals surface area contributed by atoms with Crippen molar-refractivity contribution in [3.8, 4) is 5.88 Å². The van der Waals surface area contributed by atoms with E-state index in [0.717, 1.165) is 38.0 Å². The van der Waals surface area contributed by atoms with Crippen LogP contribution in [0.25, 0.3) is 0 Å². The highest BCUT2D eigenvalue weighted by molar-refractivity contribution is 9.10. The zero-order valence-corrected chi connectivity index (χ0v) is 17.0. The zero-order valence-electron chi connectivity index (χ0n) is 15.4. The van der Waals surface area contributed by atoms with E-state index in [9.17, 15) is 4.79 Å². The highest BCUT2D eigenvalue weighted by Gasteiger charge is 2.15. The molecule has 1 aliphatic heterocycles. The Labute approximate surface area is 159 Å². The van der Waals surface area contributed by atoms with Gasteiger partial charge < -0.3 is 14.5 Å². The molecule has 0 saturated carbocycles. The summed E-state index contributed by atoms with van der Waals surface area (Å²) in [4.78, 5) is 15.4. The minimum absolute atomic E-state index is 0.0174. The molecule has 25 heavy (non-hydrogen) atoms. The van der Waals surface area contributed by atoms with E-state index in [1.54, 1.807) is 0 Å². The third-order valence-electron chi connectivity index (χ3n) is 4.75. The molecular formula is C20H32BrNO3. The molecule has 1 unspecified atom stereocenters. The maximum atomic E-state index is 12.1. The van der Waals surface area contributed by atoms with Crippen LogP contribution in [-0.2, 0) is 11.2 Å². The molecule has 1 atom stereocenters. The van der Waals surface area contributed by atoms with E-state index in [0.29, 0.717) is 17.0 Å². The molecule has 1 aromatic heterocycles. The van der Waals surface area contributed by atoms with Crippen LogP contribution < -0.4 is 10.2 Å². The predicted octanol–water partition coefficient (Wildman–Crippen LogP) is 5.38. The van der Waals surface area contributed by atoms with Gasteiger partial charge in [0.1, 0.15) is 6.61 Å². The fourth-order valence-corrected chi connectivity index (χ4v) is 3.61. The molecule has 0 bridgehead atoms. The van der Waals surface area contributed by atoms with Gasteiger partial charge >= 0.3 is 0 Å². The third kappa shape index (κ3) is 7.53. The highest BCUT2D eigenvalue weighted by atomic mass is 79.9. The average molecular weight is 414 g/mol. The molecule has 1 fully saturated rings. The van der Waals surface area contributed by atoms with Crippen molar-refractivity contribution in [3.05, 3.63) is 26.5 Å². The Balaban J connectivity index is 1.79. The van der Waals surface area contributed by atoms with Crippen LogP contribution in [0.3, 0.4) is 0 Å². The number of nitrogens with one attached hydrogen (secondary N) is 1. The lowest BCUT2D eigenvalue weighted by atomic mass is 10.1. The van der Waals surface area contributed by atoms with Crippen molar-refractivity contribution in [3.63, 3.8) is 0 Å². The maximum Gasteiger partial charge on any atom is 0.199 e. The maximum absolute atomic E-state index is 12.1. The van der Waals surface area contributed by atoms with Gasteiger partial charge in [0, 0.05) is 18.4 Å². The van der Waals surface area contributed by atoms with Crippen LogP contribution in [0.15, 0.2) is 15.3 Å². The summed E-state index contributed by atoms with van der Waals surface area (Å²) in [6.45, 7) is 3.56. The Morgan fingerprint density at radius 1 is 1.20 bits per heavy atom. The largest absolute Gasteiger partial charge is 0.476 e. The van der Waals surface area contributed by atoms with E-state index in [1.165, 1.54) is 51.0 Å². The van der Waals surface area contributed by atoms with Gasteiger partial charge in [0.2, 0.25) is 0 Å². The van der Waals surface area contributed by atoms with Gasteiger partial charge in [-0.3, -0.25) is 4.79 Å². The minimum Gasteiger partial charge on any atom is -0.476 e. The second-order valence-electron chi connectivity index (χ2n) is 6.96. The summed E-state index contributed by atoms with van der Waals surface area (Å²) < 4.78 is 12.1. The molecule has 2 rings (SSSR count). The molecule has 2 heterocycles. The lowest BCUT2D eigenvalue weighted by molar-refractivity contribution is -0.0120. The summed E-state index contributed by atoms with van der Waals surface area (Å²) >= 11 is 3.42. The first-order chi connectivity index (χ1) is 12.2. The number of hydrogen-bond acceptors (Lipinski definition) is 3. The number of hydrogen-bond donors (Lipinski definition) is 1. The third-order valence-corrected chi connectivity index (χ3v) is 5.62. The number of aromatic nitrogens is 1. The van der Waals surface area contributed by atoms with E-state index in [2.05, 4.69) is 27.8 Å². The first-order valence-electron chi connectivity index (χ1n) is 9.86. The van der Waals surface area contributed by atoms with Crippen LogP contribution in [-0.4, -0.2) is 24.3 Å². The molecule has 1 aromatic rings. The van der Waals surface area contributed by atoms with Crippen molar-refractivity contribution in [1.82, 2.24) is 4.98 Å². The van der Waals surface area contributed by atoms with E-state index in [4.69, 9.17) is 9.47 Å². The second kappa shape index (κ2) is 11.7. The zero-order chi connectivity index (χ0) is 17.9. The van der Waals surface area contributed by atoms with Gasteiger partial charge in [0.15, 0.2) is 11.3 Å². The summed E-state index contributed by atoms with van der Waals surface area (Å²) in [6, 6.07) is 1.53. The minimum atomic E-state index is -0.0174. The van der Waals surface area contributed by atoms with Crippen molar-refractivity contribution in [2.24, 2.45) is 0 Å². The molecule has 142 valence electrons. The monoisotopic (exact) mass is 413 g/mol. The number of aryl methyl sites for hydroxylation is 1. The number of halogens is 1. The first kappa shape index (κ1) is 20.5. The van der Waals surface area contributed by atoms with Crippen LogP contribution in [0.2, 0.25) is 0 Å². The summed E-state index contributed by atoms with van der Waals surface area (Å²) in [5, 5.41) is 0. The van der Waals surface area contributed by atoms with Gasteiger partial charge in [-0.25, -0.2) is 0 Å². The molecule has 1 saturated heterocycles. The Kier molecular flexibility index (Phi) is 9.63. The first-order valence-corrected chi connectivity index (χ1v) is 10.7. The Bertz CT molecular complexity index is 552. The Hall–Kier alpha value is -0.810. The fourth-order valence-electron chi connectivity index (χ4n) is 3.20. The van der Waals surface area contributed by atoms with Crippen LogP contribution in [0.4, 0.5) is 0 Å². The van der Waals surface area contributed by atoms with Crippen LogP contribution in [0.5, 0.6) is 5.88 Å². The van der Waals surface area contributed by atoms with Gasteiger partial charge in [-0.1, -0.05) is 45.4 Å². The van der Waals surface area contributed by atoms with Crippen molar-refractivity contribution in [1.29, 1.82) is 0 Å². The smallest absolute Gasteiger partial charge is 0.199 e. The number of ether oxygens (including phenoxy) is 2. The summed E-state index contributed by atoms with van der Waals surface area (Å²) in [5.41, 5.74) is 0.928. The molecule has 4 nitrogen and oxygen atoms in total. The van der Waals surface area contributed by atoms with E-state index in [-0.39, 0.29) is 11.5 Å². The van der Waals surface area contributed by atoms with E-state index >= 15 is 0 Å². The number of aromatic amines is 1. The van der Waals surface area contributed by atoms with Crippen molar-refractivity contribution >= 4 is 15.9 Å². The highest BCUT2D eigenvalue weighted by Crippen LogP contribution is 2.19. The average Bonchev–Trinajstić information content (AvgIpc) is 2.63. The number of unbranched alkanes of at least 4 members (excludes halogenated alkanes) is 6. The van der Waals surface area contributed by atoms with Crippen LogP contribution in [0, 0.1) is 0 Å². The molecule has 1 aliphatic rings. The van der Waals surface area contributed by atoms with E-state index < -0.39 is 0 Å². The molecule has 5 heteroatoms. The van der Waals surface area contributed by atoms with Crippen LogP contribution >= 0.6 is 15.9 Å². The SMILES string of the molecule is CCCCCCCCCc1[nH]c(OCC2CCCCO2)cc(=O)c1Br. The van der Waals surface area contributed by atoms with E-state index in [1.807, 2.05) is 0 Å².